The standard InChI is InChI=1S/C28H13Br3I2O7S/c29-13-9-19(30)24(20(31)10-13)28(35)40-25-17-7-3-1-5-15(17)23(16-6-2-4-8-18(16)25)27(34)39-14-11-21(32)26(22(33)12-14)41(36,37)38/h1-12H,(H,36,37,38). The van der Waals surface area contributed by atoms with Crippen molar-refractivity contribution in [2.24, 2.45) is 0 Å². The van der Waals surface area contributed by atoms with Gasteiger partial charge in [-0.25, -0.2) is 9.59 Å². The molecule has 0 aliphatic carbocycles. The summed E-state index contributed by atoms with van der Waals surface area (Å²) in [7, 11) is -4.47. The number of ether oxygens (including phenoxy) is 2. The van der Waals surface area contributed by atoms with Crippen LogP contribution in [0.5, 0.6) is 11.5 Å². The monoisotopic (exact) mass is 984 g/mol. The van der Waals surface area contributed by atoms with E-state index >= 15 is 0 Å². The van der Waals surface area contributed by atoms with Gasteiger partial charge in [0.2, 0.25) is 0 Å². The highest BCUT2D eigenvalue weighted by molar-refractivity contribution is 14.1. The van der Waals surface area contributed by atoms with Crippen molar-refractivity contribution in [1.82, 2.24) is 0 Å². The highest BCUT2D eigenvalue weighted by atomic mass is 127. The molecule has 0 spiro atoms. The number of benzene rings is 5. The molecule has 0 radical (unpaired) electrons. The number of esters is 2. The number of hydrogen-bond donors (Lipinski definition) is 1. The molecule has 0 aliphatic heterocycles. The van der Waals surface area contributed by atoms with E-state index in [9.17, 15) is 22.6 Å². The van der Waals surface area contributed by atoms with E-state index < -0.39 is 22.1 Å². The van der Waals surface area contributed by atoms with Crippen molar-refractivity contribution < 1.29 is 32.0 Å². The topological polar surface area (TPSA) is 107 Å². The smallest absolute Gasteiger partial charge is 0.345 e. The molecule has 7 nitrogen and oxygen atoms in total. The first-order valence-corrected chi connectivity index (χ1v) is 17.3. The van der Waals surface area contributed by atoms with Crippen LogP contribution in [0.3, 0.4) is 0 Å². The molecule has 0 bridgehead atoms. The van der Waals surface area contributed by atoms with Crippen LogP contribution >= 0.6 is 93.0 Å². The second-order valence-electron chi connectivity index (χ2n) is 8.51. The van der Waals surface area contributed by atoms with Crippen molar-refractivity contribution >= 4 is 137 Å². The third-order valence-corrected chi connectivity index (χ3v) is 11.0. The van der Waals surface area contributed by atoms with Crippen molar-refractivity contribution in [2.45, 2.75) is 4.90 Å². The lowest BCUT2D eigenvalue weighted by molar-refractivity contribution is 0.0731. The summed E-state index contributed by atoms with van der Waals surface area (Å²) in [6, 6.07) is 20.2. The minimum absolute atomic E-state index is 0.102. The Morgan fingerprint density at radius 2 is 1.12 bits per heavy atom. The lowest BCUT2D eigenvalue weighted by Crippen LogP contribution is -2.14. The summed E-state index contributed by atoms with van der Waals surface area (Å²) in [5, 5.41) is 2.02. The maximum Gasteiger partial charge on any atom is 0.345 e. The van der Waals surface area contributed by atoms with E-state index in [1.807, 2.05) is 0 Å². The highest BCUT2D eigenvalue weighted by Gasteiger charge is 2.26. The van der Waals surface area contributed by atoms with Gasteiger partial charge in [0.15, 0.2) is 0 Å². The van der Waals surface area contributed by atoms with Crippen molar-refractivity contribution in [3.63, 3.8) is 0 Å². The zero-order chi connectivity index (χ0) is 29.6. The van der Waals surface area contributed by atoms with E-state index in [2.05, 4.69) is 47.8 Å². The third-order valence-electron chi connectivity index (χ3n) is 5.93. The summed E-state index contributed by atoms with van der Waals surface area (Å²) in [6.45, 7) is 0. The fourth-order valence-electron chi connectivity index (χ4n) is 4.30. The van der Waals surface area contributed by atoms with Crippen LogP contribution in [-0.4, -0.2) is 24.9 Å². The van der Waals surface area contributed by atoms with E-state index in [1.54, 1.807) is 106 Å². The number of halogens is 5. The Labute approximate surface area is 286 Å². The molecule has 208 valence electrons. The maximum atomic E-state index is 13.7. The van der Waals surface area contributed by atoms with Crippen molar-refractivity contribution in [1.29, 1.82) is 0 Å². The van der Waals surface area contributed by atoms with Crippen LogP contribution in [0, 0.1) is 7.14 Å². The van der Waals surface area contributed by atoms with Crippen molar-refractivity contribution in [3.8, 4) is 11.5 Å². The highest BCUT2D eigenvalue weighted by Crippen LogP contribution is 2.40. The Hall–Kier alpha value is -1.63. The average molecular weight is 987 g/mol. The molecule has 0 saturated carbocycles. The first-order chi connectivity index (χ1) is 19.4. The number of hydrogen-bond acceptors (Lipinski definition) is 6. The molecule has 0 aliphatic rings. The van der Waals surface area contributed by atoms with Crippen LogP contribution in [0.1, 0.15) is 20.7 Å². The first-order valence-electron chi connectivity index (χ1n) is 11.4. The van der Waals surface area contributed by atoms with Crippen LogP contribution in [-0.2, 0) is 10.1 Å². The second kappa shape index (κ2) is 12.2. The summed E-state index contributed by atoms with van der Waals surface area (Å²) in [5.41, 5.74) is 0.535. The Morgan fingerprint density at radius 3 is 1.59 bits per heavy atom. The Bertz CT molecular complexity index is 1930. The third kappa shape index (κ3) is 6.21. The zero-order valence-electron chi connectivity index (χ0n) is 20.1. The molecule has 5 rings (SSSR count). The van der Waals surface area contributed by atoms with Gasteiger partial charge < -0.3 is 9.47 Å². The van der Waals surface area contributed by atoms with E-state index in [-0.39, 0.29) is 29.1 Å². The average Bonchev–Trinajstić information content (AvgIpc) is 2.86. The van der Waals surface area contributed by atoms with Gasteiger partial charge >= 0.3 is 11.9 Å². The molecule has 13 heteroatoms. The zero-order valence-corrected chi connectivity index (χ0v) is 30.0. The molecule has 0 amide bonds. The summed E-state index contributed by atoms with van der Waals surface area (Å²) < 4.78 is 47.0. The second-order valence-corrected chi connectivity index (χ2v) is 14.8. The first kappa shape index (κ1) is 30.8. The SMILES string of the molecule is O=C(Oc1c2ccccc2c(C(=O)Oc2cc(I)c(S(=O)(=O)O)c(I)c2)c2ccccc12)c1c(Br)cc(Br)cc1Br. The number of rotatable bonds is 5. The number of fused-ring (bicyclic) bond motifs is 2. The van der Waals surface area contributed by atoms with Gasteiger partial charge in [0.05, 0.1) is 11.1 Å². The molecule has 0 heterocycles. The molecule has 41 heavy (non-hydrogen) atoms. The van der Waals surface area contributed by atoms with Gasteiger partial charge in [-0.15, -0.1) is 0 Å². The lowest BCUT2D eigenvalue weighted by atomic mass is 9.95. The fourth-order valence-corrected chi connectivity index (χ4v) is 10.9. The van der Waals surface area contributed by atoms with Gasteiger partial charge in [0, 0.05) is 42.1 Å². The van der Waals surface area contributed by atoms with Crippen LogP contribution in [0.4, 0.5) is 0 Å². The number of carbonyl (C=O) groups is 2. The predicted octanol–water partition coefficient (Wildman–Crippen LogP) is 9.17. The summed E-state index contributed by atoms with van der Waals surface area (Å²) in [4.78, 5) is 26.9. The quantitative estimate of drug-likeness (QED) is 0.0616. The largest absolute Gasteiger partial charge is 0.423 e. The molecule has 0 unspecified atom stereocenters. The Balaban J connectivity index is 1.64. The van der Waals surface area contributed by atoms with E-state index in [0.29, 0.717) is 36.1 Å². The van der Waals surface area contributed by atoms with Gasteiger partial charge in [0.1, 0.15) is 16.4 Å². The summed E-state index contributed by atoms with van der Waals surface area (Å²) in [6.07, 6.45) is 0. The number of carbonyl (C=O) groups excluding carboxylic acids is 2. The molecular weight excluding hydrogens is 974 g/mol. The normalized spacial score (nSPS) is 11.6. The molecular formula is C28H13Br3I2O7S. The van der Waals surface area contributed by atoms with Gasteiger partial charge in [-0.05, 0) is 101 Å². The van der Waals surface area contributed by atoms with Gasteiger partial charge in [-0.1, -0.05) is 64.5 Å². The van der Waals surface area contributed by atoms with Crippen molar-refractivity contribution in [3.05, 3.63) is 104 Å². The van der Waals surface area contributed by atoms with Gasteiger partial charge in [0.25, 0.3) is 10.1 Å². The molecule has 0 atom stereocenters. The summed E-state index contributed by atoms with van der Waals surface area (Å²) in [5.74, 6) is -0.921. The van der Waals surface area contributed by atoms with Gasteiger partial charge in [-0.2, -0.15) is 8.42 Å². The van der Waals surface area contributed by atoms with E-state index in [4.69, 9.17) is 9.47 Å². The molecule has 5 aromatic rings. The molecule has 5 aromatic carbocycles. The molecule has 0 saturated heterocycles. The molecule has 1 N–H and O–H groups in total. The van der Waals surface area contributed by atoms with E-state index in [0.717, 1.165) is 4.47 Å². The minimum Gasteiger partial charge on any atom is -0.423 e. The van der Waals surface area contributed by atoms with Crippen LogP contribution in [0.2, 0.25) is 0 Å². The molecule has 0 aromatic heterocycles. The van der Waals surface area contributed by atoms with Gasteiger partial charge in [-0.3, -0.25) is 4.55 Å². The Morgan fingerprint density at radius 1 is 0.683 bits per heavy atom. The predicted molar refractivity (Wildman–Crippen MR) is 183 cm³/mol. The van der Waals surface area contributed by atoms with Crippen LogP contribution in [0.25, 0.3) is 21.5 Å². The maximum absolute atomic E-state index is 13.7. The fraction of sp³-hybridized carbons (Fsp3) is 0. The van der Waals surface area contributed by atoms with Crippen LogP contribution < -0.4 is 9.47 Å². The molecule has 0 fully saturated rings. The van der Waals surface area contributed by atoms with Crippen molar-refractivity contribution in [2.75, 3.05) is 0 Å². The van der Waals surface area contributed by atoms with Crippen LogP contribution in [0.15, 0.2) is 91.1 Å². The van der Waals surface area contributed by atoms with E-state index in [1.165, 1.54) is 12.1 Å². The minimum atomic E-state index is -4.47. The lowest BCUT2D eigenvalue weighted by Gasteiger charge is -2.17. The summed E-state index contributed by atoms with van der Waals surface area (Å²) >= 11 is 13.8. The Kier molecular flexibility index (Phi) is 9.14.